The van der Waals surface area contributed by atoms with E-state index in [9.17, 15) is 0 Å². The van der Waals surface area contributed by atoms with Gasteiger partial charge in [-0.15, -0.1) is 0 Å². The molecule has 0 unspecified atom stereocenters. The minimum Gasteiger partial charge on any atom is -0.493 e. The van der Waals surface area contributed by atoms with E-state index in [4.69, 9.17) is 9.47 Å². The summed E-state index contributed by atoms with van der Waals surface area (Å²) in [7, 11) is 1.66. The largest absolute Gasteiger partial charge is 0.493 e. The van der Waals surface area contributed by atoms with Gasteiger partial charge in [-0.3, -0.25) is 4.99 Å². The van der Waals surface area contributed by atoms with Crippen LogP contribution >= 0.6 is 0 Å². The Balaban J connectivity index is 2.12. The van der Waals surface area contributed by atoms with Gasteiger partial charge in [-0.1, -0.05) is 46.8 Å². The SMILES string of the molecule is COc1cc(C=Nc2ccc(C(C)(C)C)cc2)ccc1OCC(C)C. The van der Waals surface area contributed by atoms with Crippen LogP contribution in [-0.2, 0) is 5.41 Å². The fourth-order valence-corrected chi connectivity index (χ4v) is 2.34. The normalized spacial score (nSPS) is 12.0. The first-order valence-corrected chi connectivity index (χ1v) is 8.75. The Morgan fingerprint density at radius 2 is 1.68 bits per heavy atom. The topological polar surface area (TPSA) is 30.8 Å². The summed E-state index contributed by atoms with van der Waals surface area (Å²) < 4.78 is 11.2. The molecule has 0 amide bonds. The summed E-state index contributed by atoms with van der Waals surface area (Å²) >= 11 is 0. The van der Waals surface area contributed by atoms with Crippen molar-refractivity contribution < 1.29 is 9.47 Å². The van der Waals surface area contributed by atoms with E-state index >= 15 is 0 Å². The van der Waals surface area contributed by atoms with Crippen molar-refractivity contribution in [3.05, 3.63) is 53.6 Å². The molecule has 0 saturated heterocycles. The summed E-state index contributed by atoms with van der Waals surface area (Å²) in [4.78, 5) is 4.56. The molecule has 0 aromatic heterocycles. The van der Waals surface area contributed by atoms with Gasteiger partial charge in [0.15, 0.2) is 11.5 Å². The van der Waals surface area contributed by atoms with Crippen LogP contribution in [0.1, 0.15) is 45.7 Å². The second-order valence-corrected chi connectivity index (χ2v) is 7.67. The molecule has 0 N–H and O–H groups in total. The minimum atomic E-state index is 0.154. The lowest BCUT2D eigenvalue weighted by atomic mass is 9.87. The molecule has 134 valence electrons. The zero-order valence-electron chi connectivity index (χ0n) is 16.2. The highest BCUT2D eigenvalue weighted by atomic mass is 16.5. The van der Waals surface area contributed by atoms with Crippen LogP contribution in [0.15, 0.2) is 47.5 Å². The first-order valence-electron chi connectivity index (χ1n) is 8.75. The Kier molecular flexibility index (Phi) is 6.24. The van der Waals surface area contributed by atoms with Crippen molar-refractivity contribution in [2.24, 2.45) is 10.9 Å². The molecular weight excluding hydrogens is 310 g/mol. The standard InChI is InChI=1S/C22H29NO2/c1-16(2)15-25-20-12-7-17(13-21(20)24-6)14-23-19-10-8-18(9-11-19)22(3,4)5/h7-14,16H,15H2,1-6H3. The number of nitrogens with zero attached hydrogens (tertiary/aromatic N) is 1. The second-order valence-electron chi connectivity index (χ2n) is 7.67. The first kappa shape index (κ1) is 19.0. The van der Waals surface area contributed by atoms with Crippen LogP contribution in [0.5, 0.6) is 11.5 Å². The third kappa shape index (κ3) is 5.63. The number of hydrogen-bond donors (Lipinski definition) is 0. The molecule has 0 aliphatic rings. The number of aliphatic imine (C=N–C) groups is 1. The maximum atomic E-state index is 5.78. The van der Waals surface area contributed by atoms with Crippen molar-refractivity contribution in [2.45, 2.75) is 40.0 Å². The minimum absolute atomic E-state index is 0.154. The summed E-state index contributed by atoms with van der Waals surface area (Å²) in [6.45, 7) is 11.5. The highest BCUT2D eigenvalue weighted by Gasteiger charge is 2.12. The molecule has 0 heterocycles. The van der Waals surface area contributed by atoms with E-state index in [1.165, 1.54) is 5.56 Å². The highest BCUT2D eigenvalue weighted by Crippen LogP contribution is 2.28. The van der Waals surface area contributed by atoms with Crippen molar-refractivity contribution in [3.8, 4) is 11.5 Å². The molecule has 3 nitrogen and oxygen atoms in total. The summed E-state index contributed by atoms with van der Waals surface area (Å²) in [6.07, 6.45) is 1.85. The smallest absolute Gasteiger partial charge is 0.161 e. The molecule has 0 saturated carbocycles. The van der Waals surface area contributed by atoms with E-state index in [0.717, 1.165) is 22.7 Å². The molecule has 25 heavy (non-hydrogen) atoms. The Labute approximate surface area is 151 Å². The van der Waals surface area contributed by atoms with E-state index in [2.05, 4.69) is 63.9 Å². The summed E-state index contributed by atoms with van der Waals surface area (Å²) in [5, 5.41) is 0. The Morgan fingerprint density at radius 3 is 2.24 bits per heavy atom. The Bertz CT molecular complexity index is 710. The van der Waals surface area contributed by atoms with Crippen LogP contribution in [0.4, 0.5) is 5.69 Å². The molecule has 0 aliphatic heterocycles. The highest BCUT2D eigenvalue weighted by molar-refractivity contribution is 5.83. The molecule has 0 atom stereocenters. The van der Waals surface area contributed by atoms with Crippen molar-refractivity contribution in [1.82, 2.24) is 0 Å². The monoisotopic (exact) mass is 339 g/mol. The van der Waals surface area contributed by atoms with Gasteiger partial charge in [-0.2, -0.15) is 0 Å². The molecular formula is C22H29NO2. The van der Waals surface area contributed by atoms with E-state index in [1.807, 2.05) is 24.4 Å². The average Bonchev–Trinajstić information content (AvgIpc) is 2.58. The third-order valence-electron chi connectivity index (χ3n) is 3.86. The lowest BCUT2D eigenvalue weighted by Gasteiger charge is -2.18. The van der Waals surface area contributed by atoms with Gasteiger partial charge >= 0.3 is 0 Å². The predicted molar refractivity (Wildman–Crippen MR) is 106 cm³/mol. The first-order chi connectivity index (χ1) is 11.8. The van der Waals surface area contributed by atoms with Crippen LogP contribution in [0.3, 0.4) is 0 Å². The Hall–Kier alpha value is -2.29. The zero-order chi connectivity index (χ0) is 18.4. The lowest BCUT2D eigenvalue weighted by molar-refractivity contribution is 0.257. The number of methoxy groups -OCH3 is 1. The van der Waals surface area contributed by atoms with Gasteiger partial charge in [-0.25, -0.2) is 0 Å². The van der Waals surface area contributed by atoms with Crippen molar-refractivity contribution in [2.75, 3.05) is 13.7 Å². The van der Waals surface area contributed by atoms with E-state index in [1.54, 1.807) is 7.11 Å². The molecule has 3 heteroatoms. The molecule has 2 rings (SSSR count). The van der Waals surface area contributed by atoms with E-state index in [0.29, 0.717) is 12.5 Å². The number of ether oxygens (including phenoxy) is 2. The lowest BCUT2D eigenvalue weighted by Crippen LogP contribution is -2.10. The maximum absolute atomic E-state index is 5.78. The van der Waals surface area contributed by atoms with Gasteiger partial charge in [0.1, 0.15) is 0 Å². The van der Waals surface area contributed by atoms with Gasteiger partial charge in [0, 0.05) is 6.21 Å². The zero-order valence-corrected chi connectivity index (χ0v) is 16.2. The van der Waals surface area contributed by atoms with Crippen LogP contribution in [0.2, 0.25) is 0 Å². The molecule has 0 fully saturated rings. The maximum Gasteiger partial charge on any atom is 0.161 e. The van der Waals surface area contributed by atoms with Gasteiger partial charge < -0.3 is 9.47 Å². The second kappa shape index (κ2) is 8.19. The molecule has 0 bridgehead atoms. The molecule has 2 aromatic carbocycles. The fraction of sp³-hybridized carbons (Fsp3) is 0.409. The van der Waals surface area contributed by atoms with E-state index in [-0.39, 0.29) is 5.41 Å². The summed E-state index contributed by atoms with van der Waals surface area (Å²) in [5.41, 5.74) is 3.38. The molecule has 0 radical (unpaired) electrons. The molecule has 2 aromatic rings. The van der Waals surface area contributed by atoms with Crippen LogP contribution in [0.25, 0.3) is 0 Å². The Morgan fingerprint density at radius 1 is 1.00 bits per heavy atom. The van der Waals surface area contributed by atoms with Crippen molar-refractivity contribution in [1.29, 1.82) is 0 Å². The van der Waals surface area contributed by atoms with Crippen molar-refractivity contribution in [3.63, 3.8) is 0 Å². The van der Waals surface area contributed by atoms with Crippen molar-refractivity contribution >= 4 is 11.9 Å². The van der Waals surface area contributed by atoms with Crippen LogP contribution in [-0.4, -0.2) is 19.9 Å². The van der Waals surface area contributed by atoms with Gasteiger partial charge in [-0.05, 0) is 52.8 Å². The fourth-order valence-electron chi connectivity index (χ4n) is 2.34. The van der Waals surface area contributed by atoms with Crippen LogP contribution in [0, 0.1) is 5.92 Å². The predicted octanol–water partition coefficient (Wildman–Crippen LogP) is 5.78. The quantitative estimate of drug-likeness (QED) is 0.625. The third-order valence-corrected chi connectivity index (χ3v) is 3.86. The molecule has 0 spiro atoms. The van der Waals surface area contributed by atoms with Gasteiger partial charge in [0.25, 0.3) is 0 Å². The van der Waals surface area contributed by atoms with E-state index < -0.39 is 0 Å². The number of benzene rings is 2. The average molecular weight is 339 g/mol. The summed E-state index contributed by atoms with van der Waals surface area (Å²) in [5.74, 6) is 1.97. The van der Waals surface area contributed by atoms with Gasteiger partial charge in [0.05, 0.1) is 19.4 Å². The number of rotatable bonds is 6. The van der Waals surface area contributed by atoms with Crippen LogP contribution < -0.4 is 9.47 Å². The molecule has 0 aliphatic carbocycles. The number of hydrogen-bond acceptors (Lipinski definition) is 3. The van der Waals surface area contributed by atoms with Gasteiger partial charge in [0.2, 0.25) is 0 Å². The summed E-state index contributed by atoms with van der Waals surface area (Å²) in [6, 6.07) is 14.2.